The van der Waals surface area contributed by atoms with Crippen LogP contribution in [0.4, 0.5) is 5.13 Å². The number of carbonyl (C=O) groups excluding carboxylic acids is 2. The van der Waals surface area contributed by atoms with Gasteiger partial charge in [0.2, 0.25) is 0 Å². The van der Waals surface area contributed by atoms with Crippen molar-refractivity contribution in [1.82, 2.24) is 15.2 Å². The Morgan fingerprint density at radius 1 is 1.48 bits per heavy atom. The second kappa shape index (κ2) is 5.65. The fourth-order valence-corrected chi connectivity index (χ4v) is 2.97. The van der Waals surface area contributed by atoms with Crippen LogP contribution in [0.25, 0.3) is 0 Å². The van der Waals surface area contributed by atoms with Crippen LogP contribution in [0.1, 0.15) is 45.6 Å². The van der Waals surface area contributed by atoms with E-state index in [-0.39, 0.29) is 18.2 Å². The Morgan fingerprint density at radius 2 is 2.33 bits per heavy atom. The highest BCUT2D eigenvalue weighted by molar-refractivity contribution is 7.14. The first-order chi connectivity index (χ1) is 10.2. The Hall–Kier alpha value is -2.22. The molecule has 8 heteroatoms. The zero-order valence-electron chi connectivity index (χ0n) is 11.4. The number of thiazole rings is 1. The summed E-state index contributed by atoms with van der Waals surface area (Å²) in [5.41, 5.74) is 2.63. The summed E-state index contributed by atoms with van der Waals surface area (Å²) in [4.78, 5) is 27.8. The average Bonchev–Trinajstić information content (AvgIpc) is 3.14. The number of amides is 1. The predicted octanol–water partition coefficient (Wildman–Crippen LogP) is 1.78. The molecule has 0 saturated heterocycles. The third-order valence-corrected chi connectivity index (χ3v) is 3.99. The number of H-pyrrole nitrogens is 1. The van der Waals surface area contributed by atoms with Crippen LogP contribution >= 0.6 is 11.3 Å². The lowest BCUT2D eigenvalue weighted by Gasteiger charge is -2.00. The van der Waals surface area contributed by atoms with Crippen LogP contribution in [-0.4, -0.2) is 33.7 Å². The number of hydrogen-bond acceptors (Lipinski definition) is 6. The summed E-state index contributed by atoms with van der Waals surface area (Å²) in [7, 11) is 0. The number of fused-ring (bicyclic) bond motifs is 1. The van der Waals surface area contributed by atoms with Crippen LogP contribution in [0.15, 0.2) is 5.38 Å². The highest BCUT2D eigenvalue weighted by Gasteiger charge is 2.23. The third-order valence-electron chi connectivity index (χ3n) is 3.23. The maximum Gasteiger partial charge on any atom is 0.357 e. The van der Waals surface area contributed by atoms with Crippen molar-refractivity contribution in [3.05, 3.63) is 28.0 Å². The fraction of sp³-hybridized carbons (Fsp3) is 0.385. The number of aromatic amines is 1. The van der Waals surface area contributed by atoms with Gasteiger partial charge in [0.15, 0.2) is 16.5 Å². The molecule has 1 aliphatic carbocycles. The molecule has 1 amide bonds. The van der Waals surface area contributed by atoms with Gasteiger partial charge in [-0.15, -0.1) is 11.3 Å². The minimum Gasteiger partial charge on any atom is -0.461 e. The van der Waals surface area contributed by atoms with Crippen LogP contribution in [0.5, 0.6) is 0 Å². The second-order valence-corrected chi connectivity index (χ2v) is 5.45. The van der Waals surface area contributed by atoms with Gasteiger partial charge in [-0.05, 0) is 26.2 Å². The van der Waals surface area contributed by atoms with Gasteiger partial charge in [-0.2, -0.15) is 5.10 Å². The van der Waals surface area contributed by atoms with Gasteiger partial charge in [0.1, 0.15) is 0 Å². The SMILES string of the molecule is CCOC(=O)c1csc(NC(=O)c2n[nH]c3c2CCC3)n1. The van der Waals surface area contributed by atoms with Crippen LogP contribution in [0.3, 0.4) is 0 Å². The summed E-state index contributed by atoms with van der Waals surface area (Å²) in [6, 6.07) is 0. The van der Waals surface area contributed by atoms with Gasteiger partial charge in [0, 0.05) is 16.6 Å². The molecule has 2 N–H and O–H groups in total. The van der Waals surface area contributed by atoms with Gasteiger partial charge in [-0.25, -0.2) is 9.78 Å². The molecule has 0 bridgehead atoms. The topological polar surface area (TPSA) is 97.0 Å². The van der Waals surface area contributed by atoms with Crippen molar-refractivity contribution in [1.29, 1.82) is 0 Å². The van der Waals surface area contributed by atoms with E-state index in [0.717, 1.165) is 30.5 Å². The van der Waals surface area contributed by atoms with E-state index in [0.29, 0.717) is 10.8 Å². The molecule has 0 spiro atoms. The Balaban J connectivity index is 1.71. The molecule has 0 radical (unpaired) electrons. The van der Waals surface area contributed by atoms with Crippen molar-refractivity contribution in [3.63, 3.8) is 0 Å². The van der Waals surface area contributed by atoms with Gasteiger partial charge in [0.05, 0.1) is 6.61 Å². The highest BCUT2D eigenvalue weighted by Crippen LogP contribution is 2.24. The van der Waals surface area contributed by atoms with E-state index in [9.17, 15) is 9.59 Å². The monoisotopic (exact) mass is 306 g/mol. The average molecular weight is 306 g/mol. The number of anilines is 1. The minimum atomic E-state index is -0.491. The van der Waals surface area contributed by atoms with Crippen LogP contribution < -0.4 is 5.32 Å². The smallest absolute Gasteiger partial charge is 0.357 e. The Morgan fingerprint density at radius 3 is 3.14 bits per heavy atom. The number of carbonyl (C=O) groups is 2. The van der Waals surface area contributed by atoms with Crippen molar-refractivity contribution in [2.24, 2.45) is 0 Å². The maximum atomic E-state index is 12.2. The number of hydrogen-bond donors (Lipinski definition) is 2. The molecule has 2 heterocycles. The molecule has 2 aromatic heterocycles. The van der Waals surface area contributed by atoms with Crippen molar-refractivity contribution in [3.8, 4) is 0 Å². The lowest BCUT2D eigenvalue weighted by molar-refractivity contribution is 0.0520. The summed E-state index contributed by atoms with van der Waals surface area (Å²) in [5.74, 6) is -0.797. The minimum absolute atomic E-state index is 0.199. The molecule has 3 rings (SSSR count). The molecular formula is C13H14N4O3S. The number of ether oxygens (including phenoxy) is 1. The summed E-state index contributed by atoms with van der Waals surface area (Å²) >= 11 is 1.18. The van der Waals surface area contributed by atoms with Crippen molar-refractivity contribution < 1.29 is 14.3 Å². The number of nitrogens with zero attached hydrogens (tertiary/aromatic N) is 2. The van der Waals surface area contributed by atoms with Crippen LogP contribution in [0, 0.1) is 0 Å². The number of esters is 1. The molecule has 0 fully saturated rings. The lowest BCUT2D eigenvalue weighted by Crippen LogP contribution is -2.14. The summed E-state index contributed by atoms with van der Waals surface area (Å²) < 4.78 is 4.85. The van der Waals surface area contributed by atoms with Gasteiger partial charge in [-0.3, -0.25) is 15.2 Å². The Labute approximate surface area is 124 Å². The summed E-state index contributed by atoms with van der Waals surface area (Å²) in [5, 5.41) is 11.5. The molecule has 0 atom stereocenters. The molecule has 2 aromatic rings. The van der Waals surface area contributed by atoms with E-state index < -0.39 is 5.97 Å². The van der Waals surface area contributed by atoms with E-state index >= 15 is 0 Å². The van der Waals surface area contributed by atoms with Gasteiger partial charge in [-0.1, -0.05) is 0 Å². The van der Waals surface area contributed by atoms with Crippen molar-refractivity contribution in [2.45, 2.75) is 26.2 Å². The predicted molar refractivity (Wildman–Crippen MR) is 76.6 cm³/mol. The molecule has 0 saturated carbocycles. The maximum absolute atomic E-state index is 12.2. The summed E-state index contributed by atoms with van der Waals surface area (Å²) in [6.45, 7) is 2.02. The summed E-state index contributed by atoms with van der Waals surface area (Å²) in [6.07, 6.45) is 2.83. The number of rotatable bonds is 4. The largest absolute Gasteiger partial charge is 0.461 e. The normalized spacial score (nSPS) is 13.0. The molecule has 1 aliphatic rings. The Bertz CT molecular complexity index is 691. The Kier molecular flexibility index (Phi) is 3.70. The van der Waals surface area contributed by atoms with E-state index in [1.54, 1.807) is 12.3 Å². The highest BCUT2D eigenvalue weighted by atomic mass is 32.1. The number of aromatic nitrogens is 3. The molecular weight excluding hydrogens is 292 g/mol. The zero-order valence-corrected chi connectivity index (χ0v) is 12.2. The quantitative estimate of drug-likeness (QED) is 0.839. The van der Waals surface area contributed by atoms with Crippen LogP contribution in [0.2, 0.25) is 0 Å². The van der Waals surface area contributed by atoms with Gasteiger partial charge >= 0.3 is 5.97 Å². The number of aryl methyl sites for hydroxylation is 1. The van der Waals surface area contributed by atoms with E-state index in [1.165, 1.54) is 11.3 Å². The van der Waals surface area contributed by atoms with Gasteiger partial charge < -0.3 is 4.74 Å². The first kappa shape index (κ1) is 13.7. The lowest BCUT2D eigenvalue weighted by atomic mass is 10.2. The second-order valence-electron chi connectivity index (χ2n) is 4.60. The fourth-order valence-electron chi connectivity index (χ4n) is 2.29. The van der Waals surface area contributed by atoms with Gasteiger partial charge in [0.25, 0.3) is 5.91 Å². The van der Waals surface area contributed by atoms with Crippen molar-refractivity contribution in [2.75, 3.05) is 11.9 Å². The van der Waals surface area contributed by atoms with E-state index in [1.807, 2.05) is 0 Å². The third kappa shape index (κ3) is 2.66. The zero-order chi connectivity index (χ0) is 14.8. The molecule has 0 aromatic carbocycles. The molecule has 7 nitrogen and oxygen atoms in total. The van der Waals surface area contributed by atoms with E-state index in [2.05, 4.69) is 20.5 Å². The molecule has 0 unspecified atom stereocenters. The number of nitrogens with one attached hydrogen (secondary N) is 2. The molecule has 0 aliphatic heterocycles. The first-order valence-corrected chi connectivity index (χ1v) is 7.57. The molecule has 110 valence electrons. The van der Waals surface area contributed by atoms with Crippen LogP contribution in [-0.2, 0) is 17.6 Å². The first-order valence-electron chi connectivity index (χ1n) is 6.69. The molecule has 21 heavy (non-hydrogen) atoms. The van der Waals surface area contributed by atoms with E-state index in [4.69, 9.17) is 4.74 Å². The van der Waals surface area contributed by atoms with Crippen molar-refractivity contribution >= 4 is 28.3 Å². The standard InChI is InChI=1S/C13H14N4O3S/c1-2-20-12(19)9-6-21-13(14-9)15-11(18)10-7-4-3-5-8(7)16-17-10/h6H,2-5H2,1H3,(H,16,17)(H,14,15,18).